The van der Waals surface area contributed by atoms with Crippen molar-refractivity contribution < 1.29 is 9.59 Å². The first-order valence-corrected chi connectivity index (χ1v) is 6.37. The third-order valence-electron chi connectivity index (χ3n) is 2.54. The lowest BCUT2D eigenvalue weighted by molar-refractivity contribution is -0.125. The lowest BCUT2D eigenvalue weighted by Crippen LogP contribution is -2.44. The van der Waals surface area contributed by atoms with Crippen molar-refractivity contribution in [3.8, 4) is 0 Å². The molecule has 1 atom stereocenters. The van der Waals surface area contributed by atoms with Gasteiger partial charge in [0, 0.05) is 5.69 Å². The quantitative estimate of drug-likeness (QED) is 0.745. The maximum absolute atomic E-state index is 11.6. The van der Waals surface area contributed by atoms with E-state index in [1.54, 1.807) is 12.1 Å². The first-order valence-electron chi connectivity index (χ1n) is 6.37. The van der Waals surface area contributed by atoms with Gasteiger partial charge in [0.1, 0.15) is 0 Å². The first-order chi connectivity index (χ1) is 8.99. The normalized spacial score (nSPS) is 11.4. The summed E-state index contributed by atoms with van der Waals surface area (Å²) in [6, 6.07) is 8.51. The number of hydrogen-bond donors (Lipinski definition) is 3. The van der Waals surface area contributed by atoms with Gasteiger partial charge in [-0.3, -0.25) is 9.59 Å². The fraction of sp³-hybridized carbons (Fsp3) is 0.429. The Kier molecular flexibility index (Phi) is 8.59. The minimum atomic E-state index is -0.565. The molecular weight excluding hydrogens is 278 g/mol. The van der Waals surface area contributed by atoms with Gasteiger partial charge >= 0.3 is 0 Å². The summed E-state index contributed by atoms with van der Waals surface area (Å²) in [6.45, 7) is 3.92. The van der Waals surface area contributed by atoms with Crippen LogP contribution in [0, 0.1) is 5.92 Å². The fourth-order valence-electron chi connectivity index (χ4n) is 1.64. The van der Waals surface area contributed by atoms with E-state index in [0.717, 1.165) is 0 Å². The van der Waals surface area contributed by atoms with E-state index in [2.05, 4.69) is 10.6 Å². The van der Waals surface area contributed by atoms with E-state index >= 15 is 0 Å². The smallest absolute Gasteiger partial charge is 0.243 e. The molecular formula is C14H22ClN3O2. The molecule has 0 saturated heterocycles. The summed E-state index contributed by atoms with van der Waals surface area (Å²) in [5.74, 6) is -0.216. The summed E-state index contributed by atoms with van der Waals surface area (Å²) >= 11 is 0. The molecule has 0 aromatic heterocycles. The topological polar surface area (TPSA) is 84.2 Å². The number of carbonyl (C=O) groups excluding carboxylic acids is 2. The van der Waals surface area contributed by atoms with Crippen molar-refractivity contribution in [2.24, 2.45) is 11.7 Å². The zero-order chi connectivity index (χ0) is 14.3. The number of hydrogen-bond acceptors (Lipinski definition) is 3. The van der Waals surface area contributed by atoms with Crippen LogP contribution in [-0.4, -0.2) is 24.4 Å². The Morgan fingerprint density at radius 3 is 2.35 bits per heavy atom. The van der Waals surface area contributed by atoms with Crippen LogP contribution in [0.3, 0.4) is 0 Å². The van der Waals surface area contributed by atoms with Crippen molar-refractivity contribution >= 4 is 29.9 Å². The highest BCUT2D eigenvalue weighted by atomic mass is 35.5. The van der Waals surface area contributed by atoms with Crippen LogP contribution >= 0.6 is 12.4 Å². The second-order valence-corrected chi connectivity index (χ2v) is 4.87. The summed E-state index contributed by atoms with van der Waals surface area (Å²) in [4.78, 5) is 23.2. The third-order valence-corrected chi connectivity index (χ3v) is 2.54. The summed E-state index contributed by atoms with van der Waals surface area (Å²) in [6.07, 6.45) is 0.603. The SMILES string of the molecule is CC(C)C[C@H](N)C(=O)NCC(=O)Nc1ccccc1.Cl. The summed E-state index contributed by atoms with van der Waals surface area (Å²) in [5, 5.41) is 5.21. The molecule has 0 saturated carbocycles. The number of anilines is 1. The van der Waals surface area contributed by atoms with E-state index in [-0.39, 0.29) is 30.8 Å². The summed E-state index contributed by atoms with van der Waals surface area (Å²) < 4.78 is 0. The van der Waals surface area contributed by atoms with E-state index in [9.17, 15) is 9.59 Å². The number of rotatable bonds is 6. The molecule has 0 aliphatic carbocycles. The zero-order valence-electron chi connectivity index (χ0n) is 11.8. The molecule has 0 unspecified atom stereocenters. The molecule has 4 N–H and O–H groups in total. The van der Waals surface area contributed by atoms with Crippen molar-refractivity contribution in [2.45, 2.75) is 26.3 Å². The van der Waals surface area contributed by atoms with Crippen LogP contribution in [-0.2, 0) is 9.59 Å². The highest BCUT2D eigenvalue weighted by Crippen LogP contribution is 2.04. The number of nitrogens with one attached hydrogen (secondary N) is 2. The lowest BCUT2D eigenvalue weighted by atomic mass is 10.0. The molecule has 0 radical (unpaired) electrons. The van der Waals surface area contributed by atoms with Crippen LogP contribution in [0.25, 0.3) is 0 Å². The van der Waals surface area contributed by atoms with Crippen molar-refractivity contribution in [1.29, 1.82) is 0 Å². The molecule has 0 aliphatic heterocycles. The molecule has 0 bridgehead atoms. The van der Waals surface area contributed by atoms with Gasteiger partial charge in [-0.25, -0.2) is 0 Å². The van der Waals surface area contributed by atoms with Crippen molar-refractivity contribution in [2.75, 3.05) is 11.9 Å². The van der Waals surface area contributed by atoms with E-state index in [1.165, 1.54) is 0 Å². The number of halogens is 1. The van der Waals surface area contributed by atoms with Crippen LogP contribution < -0.4 is 16.4 Å². The summed E-state index contributed by atoms with van der Waals surface area (Å²) in [5.41, 5.74) is 6.42. The molecule has 6 heteroatoms. The van der Waals surface area contributed by atoms with Crippen LogP contribution in [0.4, 0.5) is 5.69 Å². The molecule has 0 fully saturated rings. The summed E-state index contributed by atoms with van der Waals surface area (Å²) in [7, 11) is 0. The fourth-order valence-corrected chi connectivity index (χ4v) is 1.64. The number of amides is 2. The Hall–Kier alpha value is -1.59. The van der Waals surface area contributed by atoms with Gasteiger partial charge in [-0.2, -0.15) is 0 Å². The predicted octanol–water partition coefficient (Wildman–Crippen LogP) is 1.54. The number of carbonyl (C=O) groups is 2. The molecule has 1 rings (SSSR count). The van der Waals surface area contributed by atoms with Crippen LogP contribution in [0.5, 0.6) is 0 Å². The molecule has 1 aromatic rings. The van der Waals surface area contributed by atoms with Crippen molar-refractivity contribution in [3.05, 3.63) is 30.3 Å². The average Bonchev–Trinajstić information content (AvgIpc) is 2.36. The molecule has 0 heterocycles. The van der Waals surface area contributed by atoms with Gasteiger partial charge in [0.25, 0.3) is 0 Å². The van der Waals surface area contributed by atoms with Gasteiger partial charge < -0.3 is 16.4 Å². The lowest BCUT2D eigenvalue weighted by Gasteiger charge is -2.14. The Morgan fingerprint density at radius 1 is 1.20 bits per heavy atom. The predicted molar refractivity (Wildman–Crippen MR) is 82.8 cm³/mol. The maximum atomic E-state index is 11.6. The van der Waals surface area contributed by atoms with Gasteiger partial charge in [0.15, 0.2) is 0 Å². The Morgan fingerprint density at radius 2 is 1.80 bits per heavy atom. The highest BCUT2D eigenvalue weighted by Gasteiger charge is 2.15. The van der Waals surface area contributed by atoms with Crippen LogP contribution in [0.2, 0.25) is 0 Å². The molecule has 0 spiro atoms. The average molecular weight is 300 g/mol. The molecule has 5 nitrogen and oxygen atoms in total. The van der Waals surface area contributed by atoms with E-state index < -0.39 is 6.04 Å². The first kappa shape index (κ1) is 18.4. The zero-order valence-corrected chi connectivity index (χ0v) is 12.6. The van der Waals surface area contributed by atoms with E-state index in [0.29, 0.717) is 18.0 Å². The second kappa shape index (κ2) is 9.34. The largest absolute Gasteiger partial charge is 0.346 e. The second-order valence-electron chi connectivity index (χ2n) is 4.87. The van der Waals surface area contributed by atoms with Gasteiger partial charge in [-0.1, -0.05) is 32.0 Å². The van der Waals surface area contributed by atoms with Gasteiger partial charge in [-0.05, 0) is 24.5 Å². The molecule has 20 heavy (non-hydrogen) atoms. The number of nitrogens with two attached hydrogens (primary N) is 1. The minimum Gasteiger partial charge on any atom is -0.346 e. The van der Waals surface area contributed by atoms with E-state index in [1.807, 2.05) is 32.0 Å². The standard InChI is InChI=1S/C14H21N3O2.ClH/c1-10(2)8-12(15)14(19)16-9-13(18)17-11-6-4-3-5-7-11;/h3-7,10,12H,8-9,15H2,1-2H3,(H,16,19)(H,17,18);1H/t12-;/m0./s1. The van der Waals surface area contributed by atoms with Crippen molar-refractivity contribution in [1.82, 2.24) is 5.32 Å². The molecule has 0 aliphatic rings. The highest BCUT2D eigenvalue weighted by molar-refractivity contribution is 5.95. The Balaban J connectivity index is 0.00000361. The van der Waals surface area contributed by atoms with Gasteiger partial charge in [0.2, 0.25) is 11.8 Å². The maximum Gasteiger partial charge on any atom is 0.243 e. The Bertz CT molecular complexity index is 424. The molecule has 112 valence electrons. The monoisotopic (exact) mass is 299 g/mol. The Labute approximate surface area is 125 Å². The van der Waals surface area contributed by atoms with Crippen LogP contribution in [0.1, 0.15) is 20.3 Å². The van der Waals surface area contributed by atoms with Crippen LogP contribution in [0.15, 0.2) is 30.3 Å². The number of para-hydroxylation sites is 1. The molecule has 1 aromatic carbocycles. The third kappa shape index (κ3) is 7.11. The van der Waals surface area contributed by atoms with Gasteiger partial charge in [0.05, 0.1) is 12.6 Å². The number of benzene rings is 1. The van der Waals surface area contributed by atoms with E-state index in [4.69, 9.17) is 5.73 Å². The molecule has 2 amide bonds. The van der Waals surface area contributed by atoms with Crippen molar-refractivity contribution in [3.63, 3.8) is 0 Å². The van der Waals surface area contributed by atoms with Gasteiger partial charge in [-0.15, -0.1) is 12.4 Å². The minimum absolute atomic E-state index is 0.